The van der Waals surface area contributed by atoms with E-state index < -0.39 is 16.5 Å². The highest BCUT2D eigenvalue weighted by atomic mass is 79.9. The molecule has 0 radical (unpaired) electrons. The van der Waals surface area contributed by atoms with Gasteiger partial charge in [-0.15, -0.1) is 0 Å². The third kappa shape index (κ3) is 2.84. The predicted molar refractivity (Wildman–Crippen MR) is 73.0 cm³/mol. The second-order valence-electron chi connectivity index (χ2n) is 4.49. The van der Waals surface area contributed by atoms with E-state index in [9.17, 15) is 13.2 Å². The summed E-state index contributed by atoms with van der Waals surface area (Å²) in [5.41, 5.74) is 2.18. The first-order chi connectivity index (χ1) is 8.90. The van der Waals surface area contributed by atoms with Crippen LogP contribution in [0.4, 0.5) is 13.2 Å². The largest absolute Gasteiger partial charge is 0.207 e. The molecule has 0 spiro atoms. The first-order valence-corrected chi connectivity index (χ1v) is 6.67. The number of benzene rings is 2. The van der Waals surface area contributed by atoms with Crippen LogP contribution in [-0.2, 0) is 0 Å². The van der Waals surface area contributed by atoms with E-state index in [1.807, 2.05) is 0 Å². The van der Waals surface area contributed by atoms with Crippen LogP contribution in [0, 0.1) is 31.3 Å². The van der Waals surface area contributed by atoms with Gasteiger partial charge in [0.1, 0.15) is 17.5 Å². The highest BCUT2D eigenvalue weighted by molar-refractivity contribution is 9.09. The van der Waals surface area contributed by atoms with Crippen LogP contribution in [0.3, 0.4) is 0 Å². The molecular weight excluding hydrogens is 317 g/mol. The molecule has 4 heteroatoms. The minimum atomic E-state index is -0.617. The molecule has 0 N–H and O–H groups in total. The minimum Gasteiger partial charge on any atom is -0.207 e. The van der Waals surface area contributed by atoms with Crippen molar-refractivity contribution in [1.29, 1.82) is 0 Å². The Morgan fingerprint density at radius 3 is 2.16 bits per heavy atom. The summed E-state index contributed by atoms with van der Waals surface area (Å²) >= 11 is 3.39. The highest BCUT2D eigenvalue weighted by Gasteiger charge is 2.18. The van der Waals surface area contributed by atoms with Crippen molar-refractivity contribution in [2.45, 2.75) is 18.7 Å². The van der Waals surface area contributed by atoms with Crippen molar-refractivity contribution in [3.63, 3.8) is 0 Å². The van der Waals surface area contributed by atoms with E-state index in [1.54, 1.807) is 19.9 Å². The molecule has 0 saturated heterocycles. The summed E-state index contributed by atoms with van der Waals surface area (Å²) in [6.07, 6.45) is 0. The maximum Gasteiger partial charge on any atom is 0.130 e. The van der Waals surface area contributed by atoms with Crippen molar-refractivity contribution >= 4 is 15.9 Å². The summed E-state index contributed by atoms with van der Waals surface area (Å²) in [7, 11) is 0. The number of rotatable bonds is 2. The fourth-order valence-corrected chi connectivity index (χ4v) is 2.83. The van der Waals surface area contributed by atoms with E-state index in [0.29, 0.717) is 16.7 Å². The van der Waals surface area contributed by atoms with E-state index in [4.69, 9.17) is 0 Å². The predicted octanol–water partition coefficient (Wildman–Crippen LogP) is 5.21. The molecule has 1 unspecified atom stereocenters. The zero-order chi connectivity index (χ0) is 14.2. The summed E-state index contributed by atoms with van der Waals surface area (Å²) in [6, 6.07) is 6.65. The lowest BCUT2D eigenvalue weighted by Crippen LogP contribution is -2.01. The Kier molecular flexibility index (Phi) is 3.99. The molecule has 2 aromatic rings. The average Bonchev–Trinajstić information content (AvgIpc) is 2.33. The normalized spacial score (nSPS) is 12.5. The van der Waals surface area contributed by atoms with Crippen molar-refractivity contribution < 1.29 is 13.2 Å². The molecule has 0 amide bonds. The van der Waals surface area contributed by atoms with Crippen molar-refractivity contribution in [3.8, 4) is 0 Å². The van der Waals surface area contributed by atoms with Gasteiger partial charge >= 0.3 is 0 Å². The van der Waals surface area contributed by atoms with E-state index in [2.05, 4.69) is 15.9 Å². The average molecular weight is 329 g/mol. The number of hydrogen-bond donors (Lipinski definition) is 0. The van der Waals surface area contributed by atoms with E-state index in [-0.39, 0.29) is 5.82 Å². The number of hydrogen-bond acceptors (Lipinski definition) is 0. The SMILES string of the molecule is Cc1cc(C(Br)c2ccc(F)cc2C)c(F)cc1F. The van der Waals surface area contributed by atoms with E-state index >= 15 is 0 Å². The Bertz CT molecular complexity index is 623. The standard InChI is InChI=1S/C15H12BrF3/c1-8-5-10(17)3-4-11(8)15(16)12-6-9(2)13(18)7-14(12)19/h3-7,15H,1-2H3. The van der Waals surface area contributed by atoms with Gasteiger partial charge in [-0.2, -0.15) is 0 Å². The maximum absolute atomic E-state index is 13.8. The lowest BCUT2D eigenvalue weighted by molar-refractivity contribution is 0.568. The van der Waals surface area contributed by atoms with Crippen LogP contribution in [0.1, 0.15) is 27.1 Å². The van der Waals surface area contributed by atoms with Gasteiger partial charge in [0.2, 0.25) is 0 Å². The Morgan fingerprint density at radius 1 is 0.842 bits per heavy atom. The van der Waals surface area contributed by atoms with Gasteiger partial charge in [0.15, 0.2) is 0 Å². The molecule has 1 atom stereocenters. The van der Waals surface area contributed by atoms with E-state index in [0.717, 1.165) is 11.6 Å². The molecule has 0 aliphatic rings. The molecule has 0 bridgehead atoms. The summed E-state index contributed by atoms with van der Waals surface area (Å²) in [5.74, 6) is -1.53. The van der Waals surface area contributed by atoms with Crippen LogP contribution in [-0.4, -0.2) is 0 Å². The molecule has 19 heavy (non-hydrogen) atoms. The molecule has 0 aliphatic heterocycles. The summed E-state index contributed by atoms with van der Waals surface area (Å²) in [6.45, 7) is 3.33. The zero-order valence-electron chi connectivity index (χ0n) is 10.5. The topological polar surface area (TPSA) is 0 Å². The molecule has 0 fully saturated rings. The van der Waals surface area contributed by atoms with Crippen molar-refractivity contribution in [2.24, 2.45) is 0 Å². The van der Waals surface area contributed by atoms with Crippen molar-refractivity contribution in [3.05, 3.63) is 70.0 Å². The fraction of sp³-hybridized carbons (Fsp3) is 0.200. The molecule has 0 heterocycles. The zero-order valence-corrected chi connectivity index (χ0v) is 12.1. The molecule has 0 nitrogen and oxygen atoms in total. The maximum atomic E-state index is 13.8. The molecule has 0 aliphatic carbocycles. The molecule has 2 rings (SSSR count). The van der Waals surface area contributed by atoms with Gasteiger partial charge < -0.3 is 0 Å². The van der Waals surface area contributed by atoms with Crippen LogP contribution >= 0.6 is 15.9 Å². The number of halogens is 4. The Balaban J connectivity index is 2.49. The molecular formula is C15H12BrF3. The van der Waals surface area contributed by atoms with Crippen LogP contribution in [0.5, 0.6) is 0 Å². The van der Waals surface area contributed by atoms with Gasteiger partial charge in [0.05, 0.1) is 4.83 Å². The lowest BCUT2D eigenvalue weighted by atomic mass is 9.98. The van der Waals surface area contributed by atoms with Crippen LogP contribution in [0.25, 0.3) is 0 Å². The number of aryl methyl sites for hydroxylation is 2. The van der Waals surface area contributed by atoms with Crippen LogP contribution in [0.15, 0.2) is 30.3 Å². The summed E-state index contributed by atoms with van der Waals surface area (Å²) in [5, 5.41) is 0. The minimum absolute atomic E-state index is 0.336. The van der Waals surface area contributed by atoms with Gasteiger partial charge in [-0.25, -0.2) is 13.2 Å². The molecule has 2 aromatic carbocycles. The quantitative estimate of drug-likeness (QED) is 0.664. The Labute approximate surface area is 118 Å². The monoisotopic (exact) mass is 328 g/mol. The lowest BCUT2D eigenvalue weighted by Gasteiger charge is -2.15. The van der Waals surface area contributed by atoms with Gasteiger partial charge in [-0.3, -0.25) is 0 Å². The third-order valence-electron chi connectivity index (χ3n) is 3.06. The third-order valence-corrected chi connectivity index (χ3v) is 4.04. The number of alkyl halides is 1. The Morgan fingerprint density at radius 2 is 1.53 bits per heavy atom. The summed E-state index contributed by atoms with van der Waals surface area (Å²) < 4.78 is 40.2. The highest BCUT2D eigenvalue weighted by Crippen LogP contribution is 2.35. The van der Waals surface area contributed by atoms with Gasteiger partial charge in [0, 0.05) is 11.6 Å². The fourth-order valence-electron chi connectivity index (χ4n) is 1.96. The summed E-state index contributed by atoms with van der Waals surface area (Å²) in [4.78, 5) is -0.438. The smallest absolute Gasteiger partial charge is 0.130 e. The first kappa shape index (κ1) is 14.1. The van der Waals surface area contributed by atoms with Gasteiger partial charge in [0.25, 0.3) is 0 Å². The van der Waals surface area contributed by atoms with Crippen LogP contribution < -0.4 is 0 Å². The second kappa shape index (κ2) is 5.37. The van der Waals surface area contributed by atoms with E-state index in [1.165, 1.54) is 18.2 Å². The first-order valence-electron chi connectivity index (χ1n) is 5.76. The van der Waals surface area contributed by atoms with Crippen LogP contribution in [0.2, 0.25) is 0 Å². The molecule has 0 aromatic heterocycles. The van der Waals surface area contributed by atoms with Crippen molar-refractivity contribution in [2.75, 3.05) is 0 Å². The second-order valence-corrected chi connectivity index (χ2v) is 5.40. The Hall–Kier alpha value is -1.29. The van der Waals surface area contributed by atoms with Gasteiger partial charge in [-0.05, 0) is 48.7 Å². The van der Waals surface area contributed by atoms with Gasteiger partial charge in [-0.1, -0.05) is 22.0 Å². The molecule has 100 valence electrons. The van der Waals surface area contributed by atoms with Crippen molar-refractivity contribution in [1.82, 2.24) is 0 Å². The molecule has 0 saturated carbocycles.